The topological polar surface area (TPSA) is 54.0 Å². The molecule has 0 saturated carbocycles. The summed E-state index contributed by atoms with van der Waals surface area (Å²) >= 11 is 2.46. The number of halogens is 3. The van der Waals surface area contributed by atoms with Gasteiger partial charge in [-0.15, -0.1) is 11.3 Å². The Balaban J connectivity index is 1.65. The van der Waals surface area contributed by atoms with Crippen LogP contribution in [0.1, 0.15) is 20.8 Å². The van der Waals surface area contributed by atoms with Crippen LogP contribution in [0.5, 0.6) is 0 Å². The number of thiazole rings is 1. The summed E-state index contributed by atoms with van der Waals surface area (Å²) in [6.07, 6.45) is -2.88. The van der Waals surface area contributed by atoms with Gasteiger partial charge < -0.3 is 10.0 Å². The van der Waals surface area contributed by atoms with Gasteiger partial charge in [-0.3, -0.25) is 9.78 Å². The molecule has 0 unspecified atom stereocenters. The number of nitrogens with one attached hydrogen (secondary N) is 2. The van der Waals surface area contributed by atoms with Crippen molar-refractivity contribution in [1.82, 2.24) is 4.98 Å². The van der Waals surface area contributed by atoms with E-state index in [9.17, 15) is 18.0 Å². The van der Waals surface area contributed by atoms with Gasteiger partial charge in [0, 0.05) is 16.3 Å². The first kappa shape index (κ1) is 19.2. The molecule has 2 N–H and O–H groups in total. The normalized spacial score (nSPS) is 11.3. The van der Waals surface area contributed by atoms with Crippen molar-refractivity contribution < 1.29 is 18.0 Å². The summed E-state index contributed by atoms with van der Waals surface area (Å²) in [5.74, 6) is -0.237. The fraction of sp³-hybridized carbons (Fsp3) is 0.111. The van der Waals surface area contributed by atoms with Crippen molar-refractivity contribution in [2.24, 2.45) is 0 Å². The maximum Gasteiger partial charge on any atom is 0.416 e. The van der Waals surface area contributed by atoms with Crippen molar-refractivity contribution in [1.29, 1.82) is 0 Å². The van der Waals surface area contributed by atoms with Crippen LogP contribution < -0.4 is 10.0 Å². The zero-order valence-corrected chi connectivity index (χ0v) is 15.6. The monoisotopic (exact) mass is 409 g/mol. The van der Waals surface area contributed by atoms with Gasteiger partial charge in [-0.25, -0.2) is 0 Å². The molecule has 0 saturated heterocycles. The Morgan fingerprint density at radius 2 is 1.96 bits per heavy atom. The van der Waals surface area contributed by atoms with Crippen LogP contribution in [0.4, 0.5) is 24.5 Å². The molecule has 3 rings (SSSR count). The highest BCUT2D eigenvalue weighted by atomic mass is 32.2. The molecule has 4 nitrogen and oxygen atoms in total. The largest absolute Gasteiger partial charge is 0.416 e. The first-order valence-electron chi connectivity index (χ1n) is 7.73. The third kappa shape index (κ3) is 5.01. The highest BCUT2D eigenvalue weighted by molar-refractivity contribution is 8.00. The molecular weight excluding hydrogens is 395 g/mol. The molecule has 140 valence electrons. The summed E-state index contributed by atoms with van der Waals surface area (Å²) < 4.78 is 41.2. The lowest BCUT2D eigenvalue weighted by Gasteiger charge is -2.12. The van der Waals surface area contributed by atoms with Crippen LogP contribution >= 0.6 is 23.3 Å². The third-order valence-electron chi connectivity index (χ3n) is 3.56. The van der Waals surface area contributed by atoms with Gasteiger partial charge in [0.2, 0.25) is 0 Å². The molecule has 1 aromatic heterocycles. The number of nitrogens with zero attached hydrogens (tertiary/aromatic N) is 1. The standard InChI is InChI=1S/C18H14F3N3OS2/c1-11-7-13(23-17(25)16-9-22-10-26-16)5-6-15(11)27-24-14-4-2-3-12(8-14)18(19,20)21/h2-10,24H,1H3,(H,23,25). The molecule has 0 aliphatic heterocycles. The summed E-state index contributed by atoms with van der Waals surface area (Å²) in [5, 5.41) is 2.79. The number of hydrogen-bond donors (Lipinski definition) is 2. The summed E-state index contributed by atoms with van der Waals surface area (Å²) in [5.41, 5.74) is 2.75. The van der Waals surface area contributed by atoms with Crippen molar-refractivity contribution in [3.05, 3.63) is 70.2 Å². The number of rotatable bonds is 5. The molecule has 0 radical (unpaired) electrons. The van der Waals surface area contributed by atoms with E-state index in [0.29, 0.717) is 16.3 Å². The molecule has 1 heterocycles. The first-order chi connectivity index (χ1) is 12.8. The van der Waals surface area contributed by atoms with Gasteiger partial charge in [-0.05, 0) is 60.8 Å². The van der Waals surface area contributed by atoms with Crippen LogP contribution in [0.25, 0.3) is 0 Å². The minimum atomic E-state index is -4.38. The van der Waals surface area contributed by atoms with Crippen molar-refractivity contribution in [3.8, 4) is 0 Å². The molecule has 0 aliphatic carbocycles. The average Bonchev–Trinajstić information content (AvgIpc) is 3.15. The van der Waals surface area contributed by atoms with Gasteiger partial charge in [-0.2, -0.15) is 13.2 Å². The van der Waals surface area contributed by atoms with Crippen LogP contribution in [0.2, 0.25) is 0 Å². The molecule has 0 fully saturated rings. The highest BCUT2D eigenvalue weighted by Crippen LogP contribution is 2.32. The second-order valence-electron chi connectivity index (χ2n) is 5.58. The number of carbonyl (C=O) groups is 1. The number of alkyl halides is 3. The molecule has 3 aromatic rings. The van der Waals surface area contributed by atoms with Crippen molar-refractivity contribution in [3.63, 3.8) is 0 Å². The second kappa shape index (κ2) is 8.01. The molecule has 0 bridgehead atoms. The second-order valence-corrected chi connectivity index (χ2v) is 7.32. The number of benzene rings is 2. The van der Waals surface area contributed by atoms with E-state index in [2.05, 4.69) is 15.0 Å². The van der Waals surface area contributed by atoms with Gasteiger partial charge in [-0.1, -0.05) is 6.07 Å². The van der Waals surface area contributed by atoms with Crippen LogP contribution in [0.3, 0.4) is 0 Å². The maximum atomic E-state index is 12.8. The molecular formula is C18H14F3N3OS2. The van der Waals surface area contributed by atoms with E-state index in [4.69, 9.17) is 0 Å². The zero-order valence-electron chi connectivity index (χ0n) is 14.0. The summed E-state index contributed by atoms with van der Waals surface area (Å²) in [6.45, 7) is 1.86. The van der Waals surface area contributed by atoms with E-state index in [-0.39, 0.29) is 5.91 Å². The highest BCUT2D eigenvalue weighted by Gasteiger charge is 2.30. The van der Waals surface area contributed by atoms with Gasteiger partial charge in [0.05, 0.1) is 17.3 Å². The van der Waals surface area contributed by atoms with E-state index < -0.39 is 11.7 Å². The predicted molar refractivity (Wildman–Crippen MR) is 102 cm³/mol. The number of aryl methyl sites for hydroxylation is 1. The Hall–Kier alpha value is -2.52. The van der Waals surface area contributed by atoms with E-state index in [0.717, 1.165) is 22.6 Å². The van der Waals surface area contributed by atoms with Crippen molar-refractivity contribution in [2.75, 3.05) is 10.0 Å². The Labute approximate surface area is 162 Å². The Morgan fingerprint density at radius 3 is 2.63 bits per heavy atom. The lowest BCUT2D eigenvalue weighted by atomic mass is 10.2. The minimum absolute atomic E-state index is 0.237. The lowest BCUT2D eigenvalue weighted by molar-refractivity contribution is -0.137. The lowest BCUT2D eigenvalue weighted by Crippen LogP contribution is -2.10. The van der Waals surface area contributed by atoms with Gasteiger partial charge in [0.1, 0.15) is 4.88 Å². The van der Waals surface area contributed by atoms with Crippen molar-refractivity contribution in [2.45, 2.75) is 18.0 Å². The van der Waals surface area contributed by atoms with Gasteiger partial charge in [0.15, 0.2) is 0 Å². The van der Waals surface area contributed by atoms with Gasteiger partial charge >= 0.3 is 6.18 Å². The Morgan fingerprint density at radius 1 is 1.15 bits per heavy atom. The van der Waals surface area contributed by atoms with Crippen LogP contribution in [-0.2, 0) is 6.18 Å². The number of hydrogen-bond acceptors (Lipinski definition) is 5. The quantitative estimate of drug-likeness (QED) is 0.520. The summed E-state index contributed by atoms with van der Waals surface area (Å²) in [4.78, 5) is 17.3. The molecule has 9 heteroatoms. The van der Waals surface area contributed by atoms with E-state index in [1.807, 2.05) is 6.92 Å². The SMILES string of the molecule is Cc1cc(NC(=O)c2cncs2)ccc1SNc1cccc(C(F)(F)F)c1. The smallest absolute Gasteiger partial charge is 0.326 e. The predicted octanol–water partition coefficient (Wildman–Crippen LogP) is 5.84. The zero-order chi connectivity index (χ0) is 19.4. The van der Waals surface area contributed by atoms with Crippen LogP contribution in [0, 0.1) is 6.92 Å². The van der Waals surface area contributed by atoms with Crippen molar-refractivity contribution >= 4 is 40.6 Å². The van der Waals surface area contributed by atoms with E-state index >= 15 is 0 Å². The fourth-order valence-corrected chi connectivity index (χ4v) is 3.46. The first-order valence-corrected chi connectivity index (χ1v) is 9.43. The number of anilines is 2. The molecule has 0 aliphatic rings. The molecule has 27 heavy (non-hydrogen) atoms. The summed E-state index contributed by atoms with van der Waals surface area (Å²) in [6, 6.07) is 10.4. The third-order valence-corrected chi connectivity index (χ3v) is 5.35. The van der Waals surface area contributed by atoms with E-state index in [1.54, 1.807) is 29.8 Å². The average molecular weight is 409 g/mol. The van der Waals surface area contributed by atoms with Crippen LogP contribution in [0.15, 0.2) is 59.1 Å². The number of aromatic nitrogens is 1. The Kier molecular flexibility index (Phi) is 5.71. The number of carbonyl (C=O) groups excluding carboxylic acids is 1. The summed E-state index contributed by atoms with van der Waals surface area (Å²) in [7, 11) is 0. The van der Waals surface area contributed by atoms with E-state index in [1.165, 1.54) is 35.5 Å². The number of amides is 1. The molecule has 0 atom stereocenters. The van der Waals surface area contributed by atoms with Crippen LogP contribution in [-0.4, -0.2) is 10.9 Å². The fourth-order valence-electron chi connectivity index (χ4n) is 2.24. The molecule has 2 aromatic carbocycles. The van der Waals surface area contributed by atoms with Gasteiger partial charge in [0.25, 0.3) is 5.91 Å². The molecule has 0 spiro atoms. The minimum Gasteiger partial charge on any atom is -0.326 e. The Bertz CT molecular complexity index is 943. The maximum absolute atomic E-state index is 12.8. The molecule has 1 amide bonds.